The van der Waals surface area contributed by atoms with Crippen LogP contribution in [0.1, 0.15) is 24.3 Å². The third-order valence-electron chi connectivity index (χ3n) is 3.36. The first-order valence-corrected chi connectivity index (χ1v) is 5.85. The number of benzene rings is 1. The van der Waals surface area contributed by atoms with Crippen LogP contribution in [0.4, 0.5) is 5.69 Å². The van der Waals surface area contributed by atoms with Crippen molar-refractivity contribution in [1.82, 2.24) is 10.3 Å². The number of rotatable bonds is 1. The molecule has 0 spiro atoms. The van der Waals surface area contributed by atoms with E-state index in [2.05, 4.69) is 10.3 Å². The van der Waals surface area contributed by atoms with Crippen molar-refractivity contribution in [3.05, 3.63) is 30.0 Å². The van der Waals surface area contributed by atoms with Crippen molar-refractivity contribution in [2.45, 2.75) is 18.8 Å². The van der Waals surface area contributed by atoms with Gasteiger partial charge in [-0.15, -0.1) is 0 Å². The Hall–Kier alpha value is -2.30. The topological polar surface area (TPSA) is 88.0 Å². The molecule has 2 aromatic rings. The Kier molecular flexibility index (Phi) is 2.33. The molecule has 0 saturated carbocycles. The van der Waals surface area contributed by atoms with Crippen LogP contribution >= 0.6 is 0 Å². The van der Waals surface area contributed by atoms with Gasteiger partial charge in [-0.25, -0.2) is 0 Å². The highest BCUT2D eigenvalue weighted by molar-refractivity contribution is 6.02. The molecule has 1 atom stereocenters. The Morgan fingerprint density at radius 3 is 2.89 bits per heavy atom. The largest absolute Gasteiger partial charge is 0.398 e. The molecule has 92 valence electrons. The first-order valence-electron chi connectivity index (χ1n) is 5.85. The molecule has 18 heavy (non-hydrogen) atoms. The average Bonchev–Trinajstić information content (AvgIpc) is 2.77. The van der Waals surface area contributed by atoms with Crippen LogP contribution in [0.2, 0.25) is 0 Å². The number of nitrogens with one attached hydrogen (secondary N) is 2. The molecule has 0 aliphatic carbocycles. The number of amides is 2. The summed E-state index contributed by atoms with van der Waals surface area (Å²) in [6.45, 7) is 0. The number of fused-ring (bicyclic) bond motifs is 1. The van der Waals surface area contributed by atoms with Gasteiger partial charge in [0.05, 0.1) is 5.92 Å². The van der Waals surface area contributed by atoms with Crippen molar-refractivity contribution in [3.8, 4) is 0 Å². The predicted molar refractivity (Wildman–Crippen MR) is 67.8 cm³/mol. The summed E-state index contributed by atoms with van der Waals surface area (Å²) in [6.07, 6.45) is 2.73. The molecule has 0 radical (unpaired) electrons. The lowest BCUT2D eigenvalue weighted by Crippen LogP contribution is -2.39. The van der Waals surface area contributed by atoms with Gasteiger partial charge in [-0.2, -0.15) is 0 Å². The molecule has 1 aliphatic rings. The van der Waals surface area contributed by atoms with Crippen molar-refractivity contribution in [2.75, 3.05) is 5.73 Å². The number of hydrogen-bond donors (Lipinski definition) is 3. The minimum Gasteiger partial charge on any atom is -0.398 e. The quantitative estimate of drug-likeness (QED) is 0.520. The van der Waals surface area contributed by atoms with E-state index in [0.29, 0.717) is 18.5 Å². The number of aromatic amines is 1. The van der Waals surface area contributed by atoms with Crippen molar-refractivity contribution in [1.29, 1.82) is 0 Å². The van der Waals surface area contributed by atoms with Gasteiger partial charge in [-0.1, -0.05) is 0 Å². The fraction of sp³-hybridized carbons (Fsp3) is 0.231. The summed E-state index contributed by atoms with van der Waals surface area (Å²) in [5.74, 6) is -0.737. The van der Waals surface area contributed by atoms with Gasteiger partial charge in [-0.3, -0.25) is 14.9 Å². The smallest absolute Gasteiger partial charge is 0.234 e. The van der Waals surface area contributed by atoms with E-state index in [1.54, 1.807) is 0 Å². The third kappa shape index (κ3) is 1.64. The van der Waals surface area contributed by atoms with Gasteiger partial charge >= 0.3 is 0 Å². The van der Waals surface area contributed by atoms with E-state index in [-0.39, 0.29) is 17.7 Å². The highest BCUT2D eigenvalue weighted by Crippen LogP contribution is 2.30. The van der Waals surface area contributed by atoms with Crippen molar-refractivity contribution < 1.29 is 9.59 Å². The zero-order valence-electron chi connectivity index (χ0n) is 9.69. The molecular formula is C13H13N3O2. The zero-order valence-corrected chi connectivity index (χ0v) is 9.69. The fourth-order valence-corrected chi connectivity index (χ4v) is 2.43. The number of H-pyrrole nitrogens is 1. The van der Waals surface area contributed by atoms with Crippen LogP contribution in [-0.2, 0) is 9.59 Å². The maximum absolute atomic E-state index is 11.8. The van der Waals surface area contributed by atoms with E-state index in [4.69, 9.17) is 5.73 Å². The standard InChI is InChI=1S/C13H13N3O2/c14-10-5-7(6-11-9(10)3-4-15-11)8-1-2-12(17)16-13(8)18/h3-6,8,15H,1-2,14H2,(H,16,17,18). The van der Waals surface area contributed by atoms with Crippen molar-refractivity contribution in [3.63, 3.8) is 0 Å². The van der Waals surface area contributed by atoms with E-state index >= 15 is 0 Å². The molecule has 3 rings (SSSR count). The number of aromatic nitrogens is 1. The SMILES string of the molecule is Nc1cc(C2CCC(=O)NC2=O)cc2[nH]ccc12. The number of carbonyl (C=O) groups excluding carboxylic acids is 2. The second kappa shape index (κ2) is 3.87. The summed E-state index contributed by atoms with van der Waals surface area (Å²) >= 11 is 0. The molecular weight excluding hydrogens is 230 g/mol. The maximum atomic E-state index is 11.8. The van der Waals surface area contributed by atoms with Gasteiger partial charge in [0.25, 0.3) is 0 Å². The monoisotopic (exact) mass is 243 g/mol. The van der Waals surface area contributed by atoms with Crippen LogP contribution in [0, 0.1) is 0 Å². The Morgan fingerprint density at radius 2 is 2.11 bits per heavy atom. The van der Waals surface area contributed by atoms with Gasteiger partial charge < -0.3 is 10.7 Å². The highest BCUT2D eigenvalue weighted by atomic mass is 16.2. The lowest BCUT2D eigenvalue weighted by Gasteiger charge is -2.21. The van der Waals surface area contributed by atoms with Gasteiger partial charge in [0, 0.05) is 29.2 Å². The molecule has 1 aliphatic heterocycles. The zero-order chi connectivity index (χ0) is 12.7. The number of nitrogen functional groups attached to an aromatic ring is 1. The van der Waals surface area contributed by atoms with Gasteiger partial charge in [0.15, 0.2) is 0 Å². The molecule has 1 aromatic heterocycles. The Bertz CT molecular complexity index is 645. The molecule has 1 unspecified atom stereocenters. The minimum absolute atomic E-state index is 0.204. The number of anilines is 1. The summed E-state index contributed by atoms with van der Waals surface area (Å²) in [5, 5.41) is 3.31. The number of piperidine rings is 1. The summed E-state index contributed by atoms with van der Waals surface area (Å²) in [4.78, 5) is 26.0. The summed E-state index contributed by atoms with van der Waals surface area (Å²) in [7, 11) is 0. The van der Waals surface area contributed by atoms with Crippen LogP contribution in [-0.4, -0.2) is 16.8 Å². The maximum Gasteiger partial charge on any atom is 0.234 e. The molecule has 4 N–H and O–H groups in total. The first kappa shape index (κ1) is 10.8. The van der Waals surface area contributed by atoms with Gasteiger partial charge in [0.1, 0.15) is 0 Å². The number of hydrogen-bond acceptors (Lipinski definition) is 3. The minimum atomic E-state index is -0.294. The molecule has 1 saturated heterocycles. The van der Waals surface area contributed by atoms with E-state index in [9.17, 15) is 9.59 Å². The molecule has 2 heterocycles. The summed E-state index contributed by atoms with van der Waals surface area (Å²) in [6, 6.07) is 5.64. The average molecular weight is 243 g/mol. The Balaban J connectivity index is 2.03. The van der Waals surface area contributed by atoms with Crippen LogP contribution in [0.25, 0.3) is 10.9 Å². The number of imide groups is 1. The first-order chi connectivity index (χ1) is 8.65. The van der Waals surface area contributed by atoms with Crippen molar-refractivity contribution in [2.24, 2.45) is 0 Å². The van der Waals surface area contributed by atoms with Gasteiger partial charge in [0.2, 0.25) is 11.8 Å². The molecule has 2 amide bonds. The lowest BCUT2D eigenvalue weighted by atomic mass is 9.89. The van der Waals surface area contributed by atoms with Crippen molar-refractivity contribution >= 4 is 28.4 Å². The van der Waals surface area contributed by atoms with E-state index < -0.39 is 0 Å². The molecule has 1 fully saturated rings. The molecule has 0 bridgehead atoms. The Labute approximate surface area is 103 Å². The number of carbonyl (C=O) groups is 2. The summed E-state index contributed by atoms with van der Waals surface area (Å²) < 4.78 is 0. The van der Waals surface area contributed by atoms with E-state index in [0.717, 1.165) is 16.5 Å². The Morgan fingerprint density at radius 1 is 1.28 bits per heavy atom. The molecule has 5 nitrogen and oxygen atoms in total. The summed E-state index contributed by atoms with van der Waals surface area (Å²) in [5.41, 5.74) is 8.37. The molecule has 5 heteroatoms. The van der Waals surface area contributed by atoms with E-state index in [1.807, 2.05) is 24.4 Å². The molecule has 1 aromatic carbocycles. The van der Waals surface area contributed by atoms with Crippen LogP contribution in [0.5, 0.6) is 0 Å². The third-order valence-corrected chi connectivity index (χ3v) is 3.36. The predicted octanol–water partition coefficient (Wildman–Crippen LogP) is 1.27. The normalized spacial score (nSPS) is 20.1. The second-order valence-corrected chi connectivity index (χ2v) is 4.55. The van der Waals surface area contributed by atoms with Crippen LogP contribution < -0.4 is 11.1 Å². The highest BCUT2D eigenvalue weighted by Gasteiger charge is 2.28. The van der Waals surface area contributed by atoms with Crippen LogP contribution in [0.3, 0.4) is 0 Å². The lowest BCUT2D eigenvalue weighted by molar-refractivity contribution is -0.134. The van der Waals surface area contributed by atoms with Crippen LogP contribution in [0.15, 0.2) is 24.4 Å². The second-order valence-electron chi connectivity index (χ2n) is 4.55. The number of nitrogens with two attached hydrogens (primary N) is 1. The fourth-order valence-electron chi connectivity index (χ4n) is 2.43. The van der Waals surface area contributed by atoms with Gasteiger partial charge in [-0.05, 0) is 30.2 Å². The van der Waals surface area contributed by atoms with E-state index in [1.165, 1.54) is 0 Å².